The molecule has 0 aliphatic heterocycles. The number of halogens is 1. The van der Waals surface area contributed by atoms with E-state index in [1.807, 2.05) is 6.07 Å². The third-order valence-corrected chi connectivity index (χ3v) is 3.80. The number of rotatable bonds is 5. The molecule has 0 bridgehead atoms. The fraction of sp³-hybridized carbons (Fsp3) is 0.0526. The number of benzene rings is 2. The summed E-state index contributed by atoms with van der Waals surface area (Å²) in [4.78, 5) is 16.5. The third kappa shape index (κ3) is 4.23. The molecule has 26 heavy (non-hydrogen) atoms. The molecule has 6 nitrogen and oxygen atoms in total. The average molecular weight is 367 g/mol. The van der Waals surface area contributed by atoms with Crippen LogP contribution in [0.3, 0.4) is 0 Å². The van der Waals surface area contributed by atoms with Crippen LogP contribution in [0.2, 0.25) is 5.02 Å². The van der Waals surface area contributed by atoms with Crippen molar-refractivity contribution in [3.8, 4) is 5.75 Å². The highest BCUT2D eigenvalue weighted by Gasteiger charge is 2.13. The van der Waals surface area contributed by atoms with Crippen LogP contribution in [0.15, 0.2) is 77.1 Å². The fourth-order valence-electron chi connectivity index (χ4n) is 2.20. The van der Waals surface area contributed by atoms with Gasteiger partial charge in [-0.3, -0.25) is 4.79 Å². The lowest BCUT2D eigenvalue weighted by Gasteiger charge is -2.11. The van der Waals surface area contributed by atoms with Gasteiger partial charge in [0.25, 0.3) is 5.91 Å². The van der Waals surface area contributed by atoms with Gasteiger partial charge in [-0.1, -0.05) is 29.8 Å². The Kier molecular flexibility index (Phi) is 5.56. The Labute approximate surface area is 155 Å². The number of hydrogen-bond acceptors (Lipinski definition) is 5. The Morgan fingerprint density at radius 3 is 2.62 bits per heavy atom. The largest absolute Gasteiger partial charge is 0.494 e. The fourth-order valence-corrected chi connectivity index (χ4v) is 2.42. The number of aromatic nitrogens is 1. The Balaban J connectivity index is 1.80. The Morgan fingerprint density at radius 2 is 1.88 bits per heavy atom. The van der Waals surface area contributed by atoms with Crippen molar-refractivity contribution < 1.29 is 9.53 Å². The Hall–Kier alpha value is -3.25. The molecule has 1 heterocycles. The molecule has 1 aromatic heterocycles. The van der Waals surface area contributed by atoms with Gasteiger partial charge in [0.15, 0.2) is 5.82 Å². The molecule has 0 saturated carbocycles. The monoisotopic (exact) mass is 366 g/mol. The van der Waals surface area contributed by atoms with Crippen molar-refractivity contribution in [2.24, 2.45) is 10.2 Å². The van der Waals surface area contributed by atoms with E-state index in [9.17, 15) is 4.79 Å². The second-order valence-corrected chi connectivity index (χ2v) is 5.61. The van der Waals surface area contributed by atoms with Gasteiger partial charge in [0.05, 0.1) is 29.1 Å². The summed E-state index contributed by atoms with van der Waals surface area (Å²) >= 11 is 6.06. The number of carbonyl (C=O) groups is 1. The standard InChI is InChI=1S/C19H15ClN4O2/c1-26-17-12-13(23-24-18-8-4-5-11-21-18)9-10-16(17)22-19(25)14-6-2-3-7-15(14)20/h2-12H,1H3,(H,22,25)/b24-23+. The van der Waals surface area contributed by atoms with Crippen molar-refractivity contribution in [1.29, 1.82) is 0 Å². The van der Waals surface area contributed by atoms with E-state index in [0.29, 0.717) is 33.5 Å². The van der Waals surface area contributed by atoms with E-state index in [4.69, 9.17) is 16.3 Å². The molecule has 0 aliphatic carbocycles. The van der Waals surface area contributed by atoms with Crippen molar-refractivity contribution >= 4 is 34.7 Å². The molecule has 0 unspecified atom stereocenters. The number of carbonyl (C=O) groups excluding carboxylic acids is 1. The van der Waals surface area contributed by atoms with Gasteiger partial charge in [-0.2, -0.15) is 0 Å². The van der Waals surface area contributed by atoms with E-state index in [1.165, 1.54) is 7.11 Å². The van der Waals surface area contributed by atoms with Crippen LogP contribution >= 0.6 is 11.6 Å². The lowest BCUT2D eigenvalue weighted by Crippen LogP contribution is -2.13. The number of anilines is 1. The van der Waals surface area contributed by atoms with E-state index in [1.54, 1.807) is 60.8 Å². The van der Waals surface area contributed by atoms with Gasteiger partial charge >= 0.3 is 0 Å². The van der Waals surface area contributed by atoms with Gasteiger partial charge in [0.2, 0.25) is 0 Å². The van der Waals surface area contributed by atoms with Crippen molar-refractivity contribution in [3.63, 3.8) is 0 Å². The van der Waals surface area contributed by atoms with Gasteiger partial charge in [0.1, 0.15) is 5.75 Å². The number of ether oxygens (including phenoxy) is 1. The molecular formula is C19H15ClN4O2. The quantitative estimate of drug-likeness (QED) is 0.613. The third-order valence-electron chi connectivity index (χ3n) is 3.47. The first-order valence-electron chi connectivity index (χ1n) is 7.74. The second-order valence-electron chi connectivity index (χ2n) is 5.21. The van der Waals surface area contributed by atoms with Gasteiger partial charge in [-0.15, -0.1) is 10.2 Å². The van der Waals surface area contributed by atoms with Crippen LogP contribution in [0.5, 0.6) is 5.75 Å². The normalized spacial score (nSPS) is 10.7. The minimum Gasteiger partial charge on any atom is -0.494 e. The molecule has 2 aromatic carbocycles. The first kappa shape index (κ1) is 17.6. The summed E-state index contributed by atoms with van der Waals surface area (Å²) in [5.74, 6) is 0.641. The molecular weight excluding hydrogens is 352 g/mol. The number of nitrogens with zero attached hydrogens (tertiary/aromatic N) is 3. The number of hydrogen-bond donors (Lipinski definition) is 1. The van der Waals surface area contributed by atoms with E-state index in [-0.39, 0.29) is 5.91 Å². The first-order chi connectivity index (χ1) is 12.7. The maximum Gasteiger partial charge on any atom is 0.257 e. The predicted octanol–water partition coefficient (Wildman–Crippen LogP) is 5.41. The van der Waals surface area contributed by atoms with E-state index in [0.717, 1.165) is 0 Å². The maximum atomic E-state index is 12.4. The zero-order valence-electron chi connectivity index (χ0n) is 13.9. The number of methoxy groups -OCH3 is 1. The van der Waals surface area contributed by atoms with Crippen LogP contribution in [-0.4, -0.2) is 18.0 Å². The zero-order valence-corrected chi connectivity index (χ0v) is 14.6. The smallest absolute Gasteiger partial charge is 0.257 e. The minimum absolute atomic E-state index is 0.322. The summed E-state index contributed by atoms with van der Waals surface area (Å²) in [5, 5.41) is 11.3. The summed E-state index contributed by atoms with van der Waals surface area (Å²) in [6, 6.07) is 17.3. The molecule has 0 radical (unpaired) electrons. The Bertz CT molecular complexity index is 945. The molecule has 7 heteroatoms. The lowest BCUT2D eigenvalue weighted by molar-refractivity contribution is 0.102. The van der Waals surface area contributed by atoms with Crippen LogP contribution in [0.1, 0.15) is 10.4 Å². The molecule has 0 atom stereocenters. The number of nitrogens with one attached hydrogen (secondary N) is 1. The average Bonchev–Trinajstić information content (AvgIpc) is 2.68. The van der Waals surface area contributed by atoms with Crippen LogP contribution in [0.25, 0.3) is 0 Å². The van der Waals surface area contributed by atoms with Crippen LogP contribution in [0.4, 0.5) is 17.2 Å². The highest BCUT2D eigenvalue weighted by Crippen LogP contribution is 2.31. The van der Waals surface area contributed by atoms with Crippen molar-refractivity contribution in [2.75, 3.05) is 12.4 Å². The topological polar surface area (TPSA) is 75.9 Å². The number of pyridine rings is 1. The zero-order chi connectivity index (χ0) is 18.4. The highest BCUT2D eigenvalue weighted by atomic mass is 35.5. The molecule has 3 aromatic rings. The number of azo groups is 1. The summed E-state index contributed by atoms with van der Waals surface area (Å²) < 4.78 is 5.34. The van der Waals surface area contributed by atoms with Gasteiger partial charge in [-0.05, 0) is 36.4 Å². The molecule has 1 amide bonds. The minimum atomic E-state index is -0.322. The highest BCUT2D eigenvalue weighted by molar-refractivity contribution is 6.34. The van der Waals surface area contributed by atoms with Crippen molar-refractivity contribution in [3.05, 3.63) is 77.4 Å². The molecule has 1 N–H and O–H groups in total. The number of amides is 1. The van der Waals surface area contributed by atoms with Gasteiger partial charge in [0, 0.05) is 12.3 Å². The molecule has 3 rings (SSSR count). The van der Waals surface area contributed by atoms with Gasteiger partial charge < -0.3 is 10.1 Å². The van der Waals surface area contributed by atoms with Crippen molar-refractivity contribution in [2.45, 2.75) is 0 Å². The van der Waals surface area contributed by atoms with Gasteiger partial charge in [-0.25, -0.2) is 4.98 Å². The second kappa shape index (κ2) is 8.22. The lowest BCUT2D eigenvalue weighted by atomic mass is 10.2. The van der Waals surface area contributed by atoms with Crippen molar-refractivity contribution in [1.82, 2.24) is 4.98 Å². The summed E-state index contributed by atoms with van der Waals surface area (Å²) in [6.07, 6.45) is 1.64. The molecule has 0 fully saturated rings. The Morgan fingerprint density at radius 1 is 1.08 bits per heavy atom. The maximum absolute atomic E-state index is 12.4. The van der Waals surface area contributed by atoms with Crippen LogP contribution in [-0.2, 0) is 0 Å². The molecule has 0 aliphatic rings. The first-order valence-corrected chi connectivity index (χ1v) is 8.12. The SMILES string of the molecule is COc1cc(/N=N/c2ccccn2)ccc1NC(=O)c1ccccc1Cl. The molecule has 0 spiro atoms. The predicted molar refractivity (Wildman–Crippen MR) is 101 cm³/mol. The summed E-state index contributed by atoms with van der Waals surface area (Å²) in [7, 11) is 1.51. The van der Waals surface area contributed by atoms with Crippen LogP contribution in [0, 0.1) is 0 Å². The van der Waals surface area contributed by atoms with E-state index < -0.39 is 0 Å². The molecule has 130 valence electrons. The van der Waals surface area contributed by atoms with E-state index >= 15 is 0 Å². The summed E-state index contributed by atoms with van der Waals surface area (Å²) in [5.41, 5.74) is 1.47. The molecule has 0 saturated heterocycles. The summed E-state index contributed by atoms with van der Waals surface area (Å²) in [6.45, 7) is 0. The van der Waals surface area contributed by atoms with Crippen LogP contribution < -0.4 is 10.1 Å². The van der Waals surface area contributed by atoms with E-state index in [2.05, 4.69) is 20.5 Å².